The van der Waals surface area contributed by atoms with Gasteiger partial charge in [-0.2, -0.15) is 0 Å². The normalized spacial score (nSPS) is 10.5. The topological polar surface area (TPSA) is 66.9 Å². The predicted octanol–water partition coefficient (Wildman–Crippen LogP) is 5.89. The second kappa shape index (κ2) is 9.53. The number of carbonyl (C=O) groups is 1. The molecule has 0 fully saturated rings. The molecule has 0 atom stereocenters. The summed E-state index contributed by atoms with van der Waals surface area (Å²) >= 11 is 3.41. The average Bonchev–Trinajstić information content (AvgIpc) is 2.79. The van der Waals surface area contributed by atoms with Crippen molar-refractivity contribution < 1.29 is 4.79 Å². The number of aryl methyl sites for hydroxylation is 1. The first-order valence-corrected chi connectivity index (χ1v) is 10.6. The number of amides is 1. The van der Waals surface area contributed by atoms with Gasteiger partial charge in [-0.05, 0) is 48.4 Å². The summed E-state index contributed by atoms with van der Waals surface area (Å²) in [4.78, 5) is 21.4. The summed E-state index contributed by atoms with van der Waals surface area (Å²) in [6, 6.07) is 23.3. The van der Waals surface area contributed by atoms with Crippen LogP contribution in [0.3, 0.4) is 0 Å². The smallest absolute Gasteiger partial charge is 0.251 e. The summed E-state index contributed by atoms with van der Waals surface area (Å²) in [5.74, 6) is 0.339. The summed E-state index contributed by atoms with van der Waals surface area (Å²) in [7, 11) is 0. The van der Waals surface area contributed by atoms with E-state index < -0.39 is 0 Å². The average molecular weight is 473 g/mol. The van der Waals surface area contributed by atoms with E-state index in [9.17, 15) is 4.79 Å². The predicted molar refractivity (Wildman–Crippen MR) is 127 cm³/mol. The maximum absolute atomic E-state index is 12.5. The highest BCUT2D eigenvalue weighted by Gasteiger charge is 2.07. The van der Waals surface area contributed by atoms with Gasteiger partial charge in [0.1, 0.15) is 0 Å². The highest BCUT2D eigenvalue weighted by molar-refractivity contribution is 9.10. The van der Waals surface area contributed by atoms with Crippen LogP contribution in [-0.2, 0) is 6.54 Å². The third-order valence-electron chi connectivity index (χ3n) is 4.75. The third-order valence-corrected chi connectivity index (χ3v) is 5.28. The zero-order chi connectivity index (χ0) is 21.6. The van der Waals surface area contributed by atoms with Crippen LogP contribution in [0, 0.1) is 6.92 Å². The van der Waals surface area contributed by atoms with Crippen molar-refractivity contribution in [3.05, 3.63) is 106 Å². The fourth-order valence-electron chi connectivity index (χ4n) is 3.12. The van der Waals surface area contributed by atoms with Gasteiger partial charge in [-0.1, -0.05) is 64.0 Å². The molecule has 1 amide bonds. The first kappa shape index (κ1) is 20.8. The molecule has 0 spiro atoms. The lowest BCUT2D eigenvalue weighted by molar-refractivity contribution is 0.0951. The molecule has 1 heterocycles. The van der Waals surface area contributed by atoms with Gasteiger partial charge in [0.05, 0.1) is 0 Å². The molecule has 1 aromatic heterocycles. The number of carbonyl (C=O) groups excluding carboxylic acids is 1. The monoisotopic (exact) mass is 472 g/mol. The molecule has 5 nitrogen and oxygen atoms in total. The van der Waals surface area contributed by atoms with Gasteiger partial charge in [-0.25, -0.2) is 9.97 Å². The summed E-state index contributed by atoms with van der Waals surface area (Å²) in [5.41, 5.74) is 5.58. The molecular formula is C25H21BrN4O. The second-order valence-corrected chi connectivity index (χ2v) is 8.10. The van der Waals surface area contributed by atoms with Gasteiger partial charge in [-0.3, -0.25) is 4.79 Å². The largest absolute Gasteiger partial charge is 0.348 e. The lowest BCUT2D eigenvalue weighted by Crippen LogP contribution is -2.22. The van der Waals surface area contributed by atoms with Gasteiger partial charge in [0.2, 0.25) is 5.95 Å². The van der Waals surface area contributed by atoms with E-state index in [-0.39, 0.29) is 5.91 Å². The Hall–Kier alpha value is -3.51. The van der Waals surface area contributed by atoms with Crippen LogP contribution in [0.5, 0.6) is 0 Å². The van der Waals surface area contributed by atoms with Gasteiger partial charge >= 0.3 is 0 Å². The highest BCUT2D eigenvalue weighted by Crippen LogP contribution is 2.21. The number of halogens is 1. The Balaban J connectivity index is 1.41. The fourth-order valence-corrected chi connectivity index (χ4v) is 3.38. The van der Waals surface area contributed by atoms with Gasteiger partial charge < -0.3 is 10.6 Å². The van der Waals surface area contributed by atoms with Crippen molar-refractivity contribution in [1.29, 1.82) is 0 Å². The first-order valence-electron chi connectivity index (χ1n) is 9.86. The molecule has 0 aliphatic rings. The lowest BCUT2D eigenvalue weighted by atomic mass is 10.1. The Kier molecular flexibility index (Phi) is 6.38. The van der Waals surface area contributed by atoms with Gasteiger partial charge in [0.15, 0.2) is 0 Å². The molecule has 2 N–H and O–H groups in total. The van der Waals surface area contributed by atoms with Crippen molar-refractivity contribution in [2.24, 2.45) is 0 Å². The maximum Gasteiger partial charge on any atom is 0.251 e. The third kappa shape index (κ3) is 5.55. The molecule has 0 aliphatic heterocycles. The van der Waals surface area contributed by atoms with Crippen molar-refractivity contribution in [2.75, 3.05) is 5.32 Å². The van der Waals surface area contributed by atoms with E-state index in [0.29, 0.717) is 18.1 Å². The number of nitrogens with zero attached hydrogens (tertiary/aromatic N) is 2. The summed E-state index contributed by atoms with van der Waals surface area (Å²) < 4.78 is 1.01. The number of hydrogen-bond donors (Lipinski definition) is 2. The van der Waals surface area contributed by atoms with Gasteiger partial charge in [-0.15, -0.1) is 0 Å². The standard InChI is InChI=1S/C25H21BrN4O/c1-17-4-2-5-19(12-17)21-15-28-25(29-16-21)30-23-7-3-6-20(13-23)24(31)27-14-18-8-10-22(26)11-9-18/h2-13,15-16H,14H2,1H3,(H,27,31)(H,28,29,30). The fraction of sp³-hybridized carbons (Fsp3) is 0.0800. The number of nitrogens with one attached hydrogen (secondary N) is 2. The van der Waals surface area contributed by atoms with E-state index in [2.05, 4.69) is 55.6 Å². The SMILES string of the molecule is Cc1cccc(-c2cnc(Nc3cccc(C(=O)NCc4ccc(Br)cc4)c3)nc2)c1. The first-order chi connectivity index (χ1) is 15.1. The van der Waals surface area contributed by atoms with Crippen molar-refractivity contribution in [3.8, 4) is 11.1 Å². The van der Waals surface area contributed by atoms with E-state index in [1.54, 1.807) is 24.5 Å². The molecule has 4 aromatic rings. The zero-order valence-corrected chi connectivity index (χ0v) is 18.6. The van der Waals surface area contributed by atoms with Crippen molar-refractivity contribution in [1.82, 2.24) is 15.3 Å². The summed E-state index contributed by atoms with van der Waals surface area (Å²) in [5, 5.41) is 6.10. The van der Waals surface area contributed by atoms with Crippen LogP contribution in [0.1, 0.15) is 21.5 Å². The summed E-state index contributed by atoms with van der Waals surface area (Å²) in [6.45, 7) is 2.52. The summed E-state index contributed by atoms with van der Waals surface area (Å²) in [6.07, 6.45) is 3.58. The van der Waals surface area contributed by atoms with Gasteiger partial charge in [0, 0.05) is 40.2 Å². The Bertz CT molecular complexity index is 1190. The highest BCUT2D eigenvalue weighted by atomic mass is 79.9. The van der Waals surface area contributed by atoms with E-state index in [0.717, 1.165) is 26.9 Å². The second-order valence-electron chi connectivity index (χ2n) is 7.18. The zero-order valence-electron chi connectivity index (χ0n) is 17.0. The molecule has 4 rings (SSSR count). The molecule has 31 heavy (non-hydrogen) atoms. The van der Waals surface area contributed by atoms with Crippen LogP contribution in [0.25, 0.3) is 11.1 Å². The Morgan fingerprint density at radius 2 is 1.65 bits per heavy atom. The molecule has 0 radical (unpaired) electrons. The minimum atomic E-state index is -0.137. The Morgan fingerprint density at radius 3 is 2.39 bits per heavy atom. The van der Waals surface area contributed by atoms with Crippen LogP contribution in [0.4, 0.5) is 11.6 Å². The molecular weight excluding hydrogens is 452 g/mol. The van der Waals surface area contributed by atoms with Crippen LogP contribution in [0.2, 0.25) is 0 Å². The molecule has 3 aromatic carbocycles. The van der Waals surface area contributed by atoms with E-state index in [4.69, 9.17) is 0 Å². The van der Waals surface area contributed by atoms with Crippen molar-refractivity contribution in [2.45, 2.75) is 13.5 Å². The van der Waals surface area contributed by atoms with Crippen LogP contribution < -0.4 is 10.6 Å². The van der Waals surface area contributed by atoms with E-state index in [1.807, 2.05) is 48.5 Å². The van der Waals surface area contributed by atoms with Gasteiger partial charge in [0.25, 0.3) is 5.91 Å². The molecule has 0 bridgehead atoms. The molecule has 0 aliphatic carbocycles. The molecule has 6 heteroatoms. The van der Waals surface area contributed by atoms with E-state index in [1.165, 1.54) is 5.56 Å². The van der Waals surface area contributed by atoms with Crippen molar-refractivity contribution >= 4 is 33.5 Å². The molecule has 0 unspecified atom stereocenters. The number of aromatic nitrogens is 2. The van der Waals surface area contributed by atoms with E-state index >= 15 is 0 Å². The lowest BCUT2D eigenvalue weighted by Gasteiger charge is -2.09. The Morgan fingerprint density at radius 1 is 0.903 bits per heavy atom. The van der Waals surface area contributed by atoms with Crippen LogP contribution in [-0.4, -0.2) is 15.9 Å². The molecule has 0 saturated carbocycles. The van der Waals surface area contributed by atoms with Crippen LogP contribution in [0.15, 0.2) is 89.7 Å². The maximum atomic E-state index is 12.5. The minimum absolute atomic E-state index is 0.137. The Labute approximate surface area is 189 Å². The minimum Gasteiger partial charge on any atom is -0.348 e. The quantitative estimate of drug-likeness (QED) is 0.367. The number of hydrogen-bond acceptors (Lipinski definition) is 4. The molecule has 0 saturated heterocycles. The number of benzene rings is 3. The van der Waals surface area contributed by atoms with Crippen LogP contribution >= 0.6 is 15.9 Å². The molecule has 154 valence electrons. The van der Waals surface area contributed by atoms with Crippen molar-refractivity contribution in [3.63, 3.8) is 0 Å². The number of rotatable bonds is 6. The number of anilines is 2.